The van der Waals surface area contributed by atoms with E-state index >= 15 is 0 Å². The van der Waals surface area contributed by atoms with Crippen LogP contribution in [0.1, 0.15) is 12.0 Å². The highest BCUT2D eigenvalue weighted by Crippen LogP contribution is 2.31. The Hall–Kier alpha value is -1.22. The van der Waals surface area contributed by atoms with Gasteiger partial charge in [-0.05, 0) is 18.2 Å². The van der Waals surface area contributed by atoms with Gasteiger partial charge in [0.25, 0.3) is 0 Å². The van der Waals surface area contributed by atoms with Gasteiger partial charge in [-0.15, -0.1) is 24.8 Å². The van der Waals surface area contributed by atoms with Gasteiger partial charge in [-0.1, -0.05) is 6.07 Å². The van der Waals surface area contributed by atoms with Crippen LogP contribution in [0.25, 0.3) is 0 Å². The Kier molecular flexibility index (Phi) is 9.14. The monoisotopic (exact) mass is 429 g/mol. The Bertz CT molecular complexity index is 605. The lowest BCUT2D eigenvalue weighted by Gasteiger charge is -2.37. The molecule has 0 aliphatic carbocycles. The minimum Gasteiger partial charge on any atom is -0.378 e. The van der Waals surface area contributed by atoms with Gasteiger partial charge in [-0.25, -0.2) is 0 Å². The summed E-state index contributed by atoms with van der Waals surface area (Å²) in [6, 6.07) is 5.38. The summed E-state index contributed by atoms with van der Waals surface area (Å²) >= 11 is 0. The van der Waals surface area contributed by atoms with E-state index in [2.05, 4.69) is 5.32 Å². The van der Waals surface area contributed by atoms with Gasteiger partial charge >= 0.3 is 6.18 Å². The molecule has 1 N–H and O–H groups in total. The number of piperazine rings is 1. The highest BCUT2D eigenvalue weighted by molar-refractivity contribution is 5.85. The van der Waals surface area contributed by atoms with Gasteiger partial charge in [0, 0.05) is 50.9 Å². The molecule has 1 aromatic rings. The van der Waals surface area contributed by atoms with Crippen molar-refractivity contribution in [1.82, 2.24) is 10.2 Å². The summed E-state index contributed by atoms with van der Waals surface area (Å²) in [6.45, 7) is 4.05. The van der Waals surface area contributed by atoms with Crippen molar-refractivity contribution in [1.29, 1.82) is 0 Å². The number of nitrogens with zero attached hydrogens (tertiary/aromatic N) is 2. The molecule has 2 aliphatic heterocycles. The van der Waals surface area contributed by atoms with E-state index in [0.29, 0.717) is 51.5 Å². The minimum absolute atomic E-state index is 0. The number of alkyl halides is 3. The number of rotatable bonds is 3. The first kappa shape index (κ1) is 23.8. The molecule has 1 atom stereocenters. The average Bonchev–Trinajstić information content (AvgIpc) is 2.62. The van der Waals surface area contributed by atoms with Gasteiger partial charge in [0.1, 0.15) is 0 Å². The predicted molar refractivity (Wildman–Crippen MR) is 102 cm³/mol. The fourth-order valence-electron chi connectivity index (χ4n) is 3.18. The molecule has 27 heavy (non-hydrogen) atoms. The summed E-state index contributed by atoms with van der Waals surface area (Å²) in [5.74, 6) is 0.0618. The van der Waals surface area contributed by atoms with Crippen molar-refractivity contribution in [2.75, 3.05) is 50.8 Å². The van der Waals surface area contributed by atoms with Crippen LogP contribution in [0.5, 0.6) is 0 Å². The number of morpholine rings is 1. The van der Waals surface area contributed by atoms with Crippen LogP contribution in [-0.4, -0.2) is 62.8 Å². The molecule has 3 rings (SSSR count). The third kappa shape index (κ3) is 6.41. The summed E-state index contributed by atoms with van der Waals surface area (Å²) in [7, 11) is 0. The van der Waals surface area contributed by atoms with E-state index in [1.54, 1.807) is 11.0 Å². The van der Waals surface area contributed by atoms with Crippen molar-refractivity contribution in [3.8, 4) is 0 Å². The lowest BCUT2D eigenvalue weighted by molar-refractivity contribution is -0.137. The Balaban J connectivity index is 0.00000182. The van der Waals surface area contributed by atoms with E-state index in [0.717, 1.165) is 12.6 Å². The second kappa shape index (κ2) is 10.4. The number of halogens is 5. The Morgan fingerprint density at radius 2 is 1.89 bits per heavy atom. The van der Waals surface area contributed by atoms with Crippen LogP contribution in [-0.2, 0) is 15.7 Å². The fraction of sp³-hybridized carbons (Fsp3) is 0.588. The maximum Gasteiger partial charge on any atom is 0.416 e. The lowest BCUT2D eigenvalue weighted by Crippen LogP contribution is -2.51. The van der Waals surface area contributed by atoms with Crippen LogP contribution in [0.3, 0.4) is 0 Å². The predicted octanol–water partition coefficient (Wildman–Crippen LogP) is 2.58. The summed E-state index contributed by atoms with van der Waals surface area (Å²) in [5.41, 5.74) is -0.101. The molecule has 2 fully saturated rings. The first-order valence-electron chi connectivity index (χ1n) is 8.44. The number of anilines is 1. The number of benzene rings is 1. The van der Waals surface area contributed by atoms with Gasteiger partial charge in [0.15, 0.2) is 0 Å². The van der Waals surface area contributed by atoms with Crippen molar-refractivity contribution in [3.63, 3.8) is 0 Å². The maximum atomic E-state index is 12.8. The fourth-order valence-corrected chi connectivity index (χ4v) is 3.18. The standard InChI is InChI=1S/C17H22F3N3O2.2ClH/c18-17(19,20)13-2-1-3-15(10-13)22-5-7-23(8-6-22)16(24)11-14-12-25-9-4-21-14;;/h1-3,10,14,21H,4-9,11-12H2;2*1H. The molecule has 0 saturated carbocycles. The molecule has 0 radical (unpaired) electrons. The van der Waals surface area contributed by atoms with Gasteiger partial charge in [-0.2, -0.15) is 13.2 Å². The van der Waals surface area contributed by atoms with Crippen LogP contribution < -0.4 is 10.2 Å². The van der Waals surface area contributed by atoms with Gasteiger partial charge < -0.3 is 19.9 Å². The van der Waals surface area contributed by atoms with Crippen molar-refractivity contribution in [2.24, 2.45) is 0 Å². The molecule has 1 amide bonds. The average molecular weight is 430 g/mol. The second-order valence-electron chi connectivity index (χ2n) is 6.35. The number of carbonyl (C=O) groups excluding carboxylic acids is 1. The Morgan fingerprint density at radius 3 is 2.48 bits per heavy atom. The van der Waals surface area contributed by atoms with Gasteiger partial charge in [-0.3, -0.25) is 4.79 Å². The van der Waals surface area contributed by atoms with Crippen molar-refractivity contribution >= 4 is 36.4 Å². The largest absolute Gasteiger partial charge is 0.416 e. The van der Waals surface area contributed by atoms with E-state index in [1.807, 2.05) is 4.90 Å². The maximum absolute atomic E-state index is 12.8. The zero-order valence-corrected chi connectivity index (χ0v) is 16.3. The van der Waals surface area contributed by atoms with E-state index in [1.165, 1.54) is 12.1 Å². The molecular weight excluding hydrogens is 406 g/mol. The molecule has 154 valence electrons. The topological polar surface area (TPSA) is 44.8 Å². The van der Waals surface area contributed by atoms with E-state index in [4.69, 9.17) is 4.74 Å². The Morgan fingerprint density at radius 1 is 1.19 bits per heavy atom. The molecule has 5 nitrogen and oxygen atoms in total. The SMILES string of the molecule is Cl.Cl.O=C(CC1COCCN1)N1CCN(c2cccc(C(F)(F)F)c2)CC1. The summed E-state index contributed by atoms with van der Waals surface area (Å²) in [4.78, 5) is 16.0. The van der Waals surface area contributed by atoms with Crippen LogP contribution in [0.2, 0.25) is 0 Å². The number of hydrogen-bond donors (Lipinski definition) is 1. The molecule has 0 aromatic heterocycles. The number of hydrogen-bond acceptors (Lipinski definition) is 4. The molecule has 1 unspecified atom stereocenters. The highest BCUT2D eigenvalue weighted by atomic mass is 35.5. The molecule has 0 spiro atoms. The molecule has 2 saturated heterocycles. The number of ether oxygens (including phenoxy) is 1. The smallest absolute Gasteiger partial charge is 0.378 e. The normalized spacial score (nSPS) is 20.5. The molecule has 2 aliphatic rings. The van der Waals surface area contributed by atoms with Crippen LogP contribution >= 0.6 is 24.8 Å². The van der Waals surface area contributed by atoms with E-state index in [-0.39, 0.29) is 36.8 Å². The number of nitrogens with one attached hydrogen (secondary N) is 1. The van der Waals surface area contributed by atoms with Crippen LogP contribution in [0, 0.1) is 0 Å². The Labute approximate surface area is 169 Å². The molecule has 1 aromatic carbocycles. The first-order chi connectivity index (χ1) is 11.9. The quantitative estimate of drug-likeness (QED) is 0.801. The molecule has 0 bridgehead atoms. The minimum atomic E-state index is -4.34. The molecule has 2 heterocycles. The van der Waals surface area contributed by atoms with Crippen molar-refractivity contribution < 1.29 is 22.7 Å². The van der Waals surface area contributed by atoms with Gasteiger partial charge in [0.2, 0.25) is 5.91 Å². The van der Waals surface area contributed by atoms with Crippen LogP contribution in [0.15, 0.2) is 24.3 Å². The molecule has 10 heteroatoms. The third-order valence-electron chi connectivity index (χ3n) is 4.59. The van der Waals surface area contributed by atoms with Gasteiger partial charge in [0.05, 0.1) is 18.8 Å². The number of carbonyl (C=O) groups is 1. The van der Waals surface area contributed by atoms with E-state index < -0.39 is 11.7 Å². The van der Waals surface area contributed by atoms with E-state index in [9.17, 15) is 18.0 Å². The number of amides is 1. The lowest BCUT2D eigenvalue weighted by atomic mass is 10.1. The van der Waals surface area contributed by atoms with Crippen molar-refractivity contribution in [2.45, 2.75) is 18.6 Å². The third-order valence-corrected chi connectivity index (χ3v) is 4.59. The van der Waals surface area contributed by atoms with Crippen molar-refractivity contribution in [3.05, 3.63) is 29.8 Å². The first-order valence-corrected chi connectivity index (χ1v) is 8.44. The zero-order chi connectivity index (χ0) is 17.9. The second-order valence-corrected chi connectivity index (χ2v) is 6.35. The summed E-state index contributed by atoms with van der Waals surface area (Å²) in [5, 5.41) is 3.25. The highest BCUT2D eigenvalue weighted by Gasteiger charge is 2.31. The summed E-state index contributed by atoms with van der Waals surface area (Å²) < 4.78 is 43.9. The molecular formula is C17H24Cl2F3N3O2. The zero-order valence-electron chi connectivity index (χ0n) is 14.7. The summed E-state index contributed by atoms with van der Waals surface area (Å²) in [6.07, 6.45) is -3.95. The van der Waals surface area contributed by atoms with Crippen LogP contribution in [0.4, 0.5) is 18.9 Å².